The molecule has 5 heteroatoms. The Labute approximate surface area is 155 Å². The maximum atomic E-state index is 13.0. The van der Waals surface area contributed by atoms with Gasteiger partial charge >= 0.3 is 0 Å². The highest BCUT2D eigenvalue weighted by Gasteiger charge is 2.29. The number of piperidine rings is 1. The number of hydrogen-bond donors (Lipinski definition) is 1. The van der Waals surface area contributed by atoms with Crippen LogP contribution in [-0.4, -0.2) is 40.4 Å². The number of aryl methyl sites for hydroxylation is 2. The van der Waals surface area contributed by atoms with Gasteiger partial charge in [0.05, 0.1) is 5.92 Å². The van der Waals surface area contributed by atoms with Gasteiger partial charge in [0.2, 0.25) is 5.91 Å². The number of likely N-dealkylation sites (tertiary alicyclic amines) is 1. The Bertz CT molecular complexity index is 851. The van der Waals surface area contributed by atoms with Gasteiger partial charge in [0.25, 0.3) is 5.91 Å². The van der Waals surface area contributed by atoms with E-state index in [1.54, 1.807) is 0 Å². The number of nitrogens with zero attached hydrogens (tertiary/aromatic N) is 2. The molecule has 1 atom stereocenters. The summed E-state index contributed by atoms with van der Waals surface area (Å²) in [6.45, 7) is 9.34. The molecule has 1 aromatic heterocycles. The van der Waals surface area contributed by atoms with Gasteiger partial charge in [-0.1, -0.05) is 0 Å². The summed E-state index contributed by atoms with van der Waals surface area (Å²) in [5.74, 6) is -0.0307. The number of carbonyl (C=O) groups is 2. The average molecular weight is 355 g/mol. The van der Waals surface area contributed by atoms with Gasteiger partial charge < -0.3 is 14.8 Å². The first-order valence-corrected chi connectivity index (χ1v) is 9.45. The Morgan fingerprint density at radius 3 is 2.65 bits per heavy atom. The summed E-state index contributed by atoms with van der Waals surface area (Å²) in [4.78, 5) is 27.2. The zero-order valence-corrected chi connectivity index (χ0v) is 16.4. The monoisotopic (exact) mass is 355 g/mol. The quantitative estimate of drug-likeness (QED) is 0.919. The number of carbonyl (C=O) groups excluding carboxylic acids is 2. The molecule has 0 bridgehead atoms. The Hall–Kier alpha value is -2.30. The van der Waals surface area contributed by atoms with Crippen molar-refractivity contribution in [3.63, 3.8) is 0 Å². The number of benzene rings is 1. The number of amides is 2. The van der Waals surface area contributed by atoms with E-state index in [0.29, 0.717) is 12.1 Å². The van der Waals surface area contributed by atoms with E-state index in [-0.39, 0.29) is 23.8 Å². The summed E-state index contributed by atoms with van der Waals surface area (Å²) >= 11 is 0. The van der Waals surface area contributed by atoms with E-state index in [2.05, 4.69) is 30.8 Å². The van der Waals surface area contributed by atoms with Crippen LogP contribution >= 0.6 is 0 Å². The largest absolute Gasteiger partial charge is 0.354 e. The zero-order chi connectivity index (χ0) is 19.0. The third-order valence-electron chi connectivity index (χ3n) is 5.57. The van der Waals surface area contributed by atoms with Gasteiger partial charge in [0.15, 0.2) is 0 Å². The van der Waals surface area contributed by atoms with Crippen molar-refractivity contribution in [2.24, 2.45) is 13.0 Å². The van der Waals surface area contributed by atoms with Crippen LogP contribution in [0, 0.1) is 19.8 Å². The SMILES string of the molecule is Cc1c(C)n(C)c2ccc(C(=O)N3CCCC(C(=O)NC(C)C)C3)cc12. The molecule has 26 heavy (non-hydrogen) atoms. The zero-order valence-electron chi connectivity index (χ0n) is 16.4. The number of rotatable bonds is 3. The Morgan fingerprint density at radius 2 is 1.96 bits per heavy atom. The fourth-order valence-corrected chi connectivity index (χ4v) is 3.85. The normalized spacial score (nSPS) is 17.8. The molecule has 1 aliphatic heterocycles. The van der Waals surface area contributed by atoms with E-state index in [1.165, 1.54) is 11.3 Å². The maximum absolute atomic E-state index is 13.0. The highest BCUT2D eigenvalue weighted by Crippen LogP contribution is 2.26. The van der Waals surface area contributed by atoms with Crippen molar-refractivity contribution in [2.45, 2.75) is 46.6 Å². The first kappa shape index (κ1) is 18.5. The topological polar surface area (TPSA) is 54.3 Å². The average Bonchev–Trinajstić information content (AvgIpc) is 2.84. The van der Waals surface area contributed by atoms with Crippen LogP contribution in [0.4, 0.5) is 0 Å². The molecule has 2 aromatic rings. The smallest absolute Gasteiger partial charge is 0.253 e. The first-order chi connectivity index (χ1) is 12.3. The molecule has 1 aromatic carbocycles. The molecular formula is C21H29N3O2. The van der Waals surface area contributed by atoms with E-state index >= 15 is 0 Å². The second kappa shape index (κ2) is 7.14. The predicted molar refractivity (Wildman–Crippen MR) is 104 cm³/mol. The van der Waals surface area contributed by atoms with Gasteiger partial charge in [-0.3, -0.25) is 9.59 Å². The van der Waals surface area contributed by atoms with Crippen LogP contribution in [0.2, 0.25) is 0 Å². The summed E-state index contributed by atoms with van der Waals surface area (Å²) in [6.07, 6.45) is 1.71. The fraction of sp³-hybridized carbons (Fsp3) is 0.524. The highest BCUT2D eigenvalue weighted by molar-refractivity contribution is 5.99. The predicted octanol–water partition coefficient (Wildman–Crippen LogP) is 3.17. The molecule has 1 N–H and O–H groups in total. The summed E-state index contributed by atoms with van der Waals surface area (Å²) in [7, 11) is 2.05. The Morgan fingerprint density at radius 1 is 1.23 bits per heavy atom. The van der Waals surface area contributed by atoms with Crippen LogP contribution in [0.5, 0.6) is 0 Å². The van der Waals surface area contributed by atoms with Crippen molar-refractivity contribution in [3.05, 3.63) is 35.0 Å². The number of nitrogens with one attached hydrogen (secondary N) is 1. The van der Waals surface area contributed by atoms with Crippen LogP contribution in [0.25, 0.3) is 10.9 Å². The van der Waals surface area contributed by atoms with Crippen molar-refractivity contribution in [2.75, 3.05) is 13.1 Å². The van der Waals surface area contributed by atoms with Gasteiger partial charge in [-0.05, 0) is 64.3 Å². The molecule has 2 heterocycles. The van der Waals surface area contributed by atoms with Gasteiger partial charge in [-0.25, -0.2) is 0 Å². The van der Waals surface area contributed by atoms with Crippen LogP contribution in [0.15, 0.2) is 18.2 Å². The molecule has 1 aliphatic rings. The van der Waals surface area contributed by atoms with Crippen molar-refractivity contribution in [3.8, 4) is 0 Å². The number of aromatic nitrogens is 1. The summed E-state index contributed by atoms with van der Waals surface area (Å²) in [6, 6.07) is 6.05. The third kappa shape index (κ3) is 3.35. The minimum absolute atomic E-state index is 0.0230. The van der Waals surface area contributed by atoms with E-state index in [1.807, 2.05) is 36.9 Å². The second-order valence-corrected chi connectivity index (χ2v) is 7.75. The molecule has 0 spiro atoms. The molecular weight excluding hydrogens is 326 g/mol. The lowest BCUT2D eigenvalue weighted by Crippen LogP contribution is -2.46. The van der Waals surface area contributed by atoms with Crippen LogP contribution < -0.4 is 5.32 Å². The second-order valence-electron chi connectivity index (χ2n) is 7.75. The minimum Gasteiger partial charge on any atom is -0.354 e. The molecule has 140 valence electrons. The molecule has 1 fully saturated rings. The molecule has 5 nitrogen and oxygen atoms in total. The standard InChI is InChI=1S/C21H29N3O2/c1-13(2)22-20(25)17-7-6-10-24(12-17)21(26)16-8-9-19-18(11-16)14(3)15(4)23(19)5/h8-9,11,13,17H,6-7,10,12H2,1-5H3,(H,22,25). The van der Waals surface area contributed by atoms with Gasteiger partial charge in [-0.15, -0.1) is 0 Å². The molecule has 0 saturated carbocycles. The Balaban J connectivity index is 1.81. The van der Waals surface area contributed by atoms with Crippen molar-refractivity contribution < 1.29 is 9.59 Å². The van der Waals surface area contributed by atoms with Crippen molar-refractivity contribution in [1.29, 1.82) is 0 Å². The summed E-state index contributed by atoms with van der Waals surface area (Å²) < 4.78 is 2.16. The summed E-state index contributed by atoms with van der Waals surface area (Å²) in [5, 5.41) is 4.10. The Kier molecular flexibility index (Phi) is 5.08. The summed E-state index contributed by atoms with van der Waals surface area (Å²) in [5.41, 5.74) is 4.28. The van der Waals surface area contributed by atoms with Crippen LogP contribution in [-0.2, 0) is 11.8 Å². The van der Waals surface area contributed by atoms with Crippen molar-refractivity contribution >= 4 is 22.7 Å². The van der Waals surface area contributed by atoms with E-state index < -0.39 is 0 Å². The van der Waals surface area contributed by atoms with Crippen molar-refractivity contribution in [1.82, 2.24) is 14.8 Å². The molecule has 1 unspecified atom stereocenters. The first-order valence-electron chi connectivity index (χ1n) is 9.45. The van der Waals surface area contributed by atoms with E-state index in [0.717, 1.165) is 30.3 Å². The third-order valence-corrected chi connectivity index (χ3v) is 5.57. The van der Waals surface area contributed by atoms with E-state index in [4.69, 9.17) is 0 Å². The lowest BCUT2D eigenvalue weighted by molar-refractivity contribution is -0.126. The van der Waals surface area contributed by atoms with Crippen LogP contribution in [0.3, 0.4) is 0 Å². The van der Waals surface area contributed by atoms with Gasteiger partial charge in [0.1, 0.15) is 0 Å². The van der Waals surface area contributed by atoms with E-state index in [9.17, 15) is 9.59 Å². The fourth-order valence-electron chi connectivity index (χ4n) is 3.85. The molecule has 2 amide bonds. The lowest BCUT2D eigenvalue weighted by atomic mass is 9.96. The number of fused-ring (bicyclic) bond motifs is 1. The van der Waals surface area contributed by atoms with Gasteiger partial charge in [0, 0.05) is 48.3 Å². The maximum Gasteiger partial charge on any atom is 0.253 e. The highest BCUT2D eigenvalue weighted by atomic mass is 16.2. The molecule has 3 rings (SSSR count). The minimum atomic E-state index is -0.112. The molecule has 1 saturated heterocycles. The van der Waals surface area contributed by atoms with Gasteiger partial charge in [-0.2, -0.15) is 0 Å². The molecule has 0 aliphatic carbocycles. The molecule has 0 radical (unpaired) electrons. The van der Waals surface area contributed by atoms with Crippen LogP contribution in [0.1, 0.15) is 48.3 Å². The lowest BCUT2D eigenvalue weighted by Gasteiger charge is -2.32. The number of hydrogen-bond acceptors (Lipinski definition) is 2.